The molecule has 0 fully saturated rings. The van der Waals surface area contributed by atoms with E-state index in [0.29, 0.717) is 46.6 Å². The zero-order valence-electron chi connectivity index (χ0n) is 20.9. The van der Waals surface area contributed by atoms with E-state index < -0.39 is 0 Å². The van der Waals surface area contributed by atoms with Gasteiger partial charge in [0.25, 0.3) is 11.8 Å². The highest BCUT2D eigenvalue weighted by molar-refractivity contribution is 7.98. The van der Waals surface area contributed by atoms with Gasteiger partial charge in [-0.3, -0.25) is 14.5 Å². The third kappa shape index (κ3) is 4.84. The van der Waals surface area contributed by atoms with Crippen LogP contribution >= 0.6 is 11.8 Å². The van der Waals surface area contributed by atoms with Gasteiger partial charge >= 0.3 is 5.97 Å². The zero-order chi connectivity index (χ0) is 26.6. The van der Waals surface area contributed by atoms with Crippen molar-refractivity contribution in [1.29, 1.82) is 0 Å². The minimum atomic E-state index is -0.371. The molecule has 5 rings (SSSR count). The molecular formula is C29H26N4O4S. The fraction of sp³-hybridized carbons (Fsp3) is 0.207. The van der Waals surface area contributed by atoms with E-state index in [1.54, 1.807) is 24.3 Å². The lowest BCUT2D eigenvalue weighted by Crippen LogP contribution is -2.41. The maximum Gasteiger partial charge on any atom is 0.337 e. The molecule has 0 N–H and O–H groups in total. The summed E-state index contributed by atoms with van der Waals surface area (Å²) in [5.74, 6) is 0.386. The molecule has 2 amide bonds. The van der Waals surface area contributed by atoms with Crippen molar-refractivity contribution in [2.24, 2.45) is 0 Å². The molecule has 0 atom stereocenters. The summed E-state index contributed by atoms with van der Waals surface area (Å²) in [5, 5.41) is 11.1. The van der Waals surface area contributed by atoms with Crippen LogP contribution in [0.4, 0.5) is 0 Å². The van der Waals surface area contributed by atoms with Crippen LogP contribution in [0.3, 0.4) is 0 Å². The van der Waals surface area contributed by atoms with Gasteiger partial charge in [-0.25, -0.2) is 4.79 Å². The van der Waals surface area contributed by atoms with Crippen molar-refractivity contribution in [1.82, 2.24) is 19.7 Å². The summed E-state index contributed by atoms with van der Waals surface area (Å²) >= 11 is 1.53. The highest BCUT2D eigenvalue weighted by atomic mass is 32.2. The van der Waals surface area contributed by atoms with Gasteiger partial charge in [0.05, 0.1) is 12.7 Å². The molecule has 0 saturated carbocycles. The fourth-order valence-corrected chi connectivity index (χ4v) is 5.49. The molecule has 38 heavy (non-hydrogen) atoms. The van der Waals surface area contributed by atoms with Gasteiger partial charge in [-0.2, -0.15) is 0 Å². The lowest BCUT2D eigenvalue weighted by Gasteiger charge is -2.27. The molecule has 4 aromatic rings. The summed E-state index contributed by atoms with van der Waals surface area (Å²) in [7, 11) is 1.36. The Morgan fingerprint density at radius 2 is 1.66 bits per heavy atom. The van der Waals surface area contributed by atoms with Crippen LogP contribution in [0.25, 0.3) is 10.8 Å². The number of hydrogen-bond donors (Lipinski definition) is 0. The van der Waals surface area contributed by atoms with Crippen LogP contribution in [0.5, 0.6) is 0 Å². The van der Waals surface area contributed by atoms with Gasteiger partial charge in [-0.05, 0) is 41.6 Å². The SMILES string of the molecule is C=CCCn1c(CCN2C(=O)c3cccc4cccc(c34)C2=O)nnc1SCc1ccc(C(=O)OC)cc1. The number of thioether (sulfide) groups is 1. The lowest BCUT2D eigenvalue weighted by atomic mass is 9.94. The zero-order valence-corrected chi connectivity index (χ0v) is 21.7. The van der Waals surface area contributed by atoms with Crippen molar-refractivity contribution in [3.63, 3.8) is 0 Å². The van der Waals surface area contributed by atoms with Gasteiger partial charge in [0.1, 0.15) is 5.82 Å². The van der Waals surface area contributed by atoms with E-state index in [9.17, 15) is 14.4 Å². The molecule has 1 aromatic heterocycles. The molecule has 3 aromatic carbocycles. The number of amides is 2. The van der Waals surface area contributed by atoms with Crippen LogP contribution in [-0.4, -0.2) is 51.1 Å². The van der Waals surface area contributed by atoms with Gasteiger partial charge in [0.15, 0.2) is 5.16 Å². The quantitative estimate of drug-likeness (QED) is 0.125. The molecule has 1 aliphatic heterocycles. The van der Waals surface area contributed by atoms with Crippen LogP contribution in [0, 0.1) is 0 Å². The average molecular weight is 527 g/mol. The molecule has 192 valence electrons. The number of nitrogens with zero attached hydrogens (tertiary/aromatic N) is 4. The Labute approximate surface area is 224 Å². The first kappa shape index (κ1) is 25.4. The second-order valence-electron chi connectivity index (χ2n) is 8.83. The molecule has 2 heterocycles. The number of benzene rings is 3. The van der Waals surface area contributed by atoms with Crippen LogP contribution in [0.15, 0.2) is 78.5 Å². The van der Waals surface area contributed by atoms with Crippen molar-refractivity contribution in [2.45, 2.75) is 30.3 Å². The Kier molecular flexibility index (Phi) is 7.37. The predicted octanol–water partition coefficient (Wildman–Crippen LogP) is 4.93. The minimum absolute atomic E-state index is 0.203. The predicted molar refractivity (Wildman–Crippen MR) is 145 cm³/mol. The maximum atomic E-state index is 13.3. The van der Waals surface area contributed by atoms with Gasteiger partial charge in [-0.1, -0.05) is 54.2 Å². The van der Waals surface area contributed by atoms with Crippen molar-refractivity contribution in [2.75, 3.05) is 13.7 Å². The van der Waals surface area contributed by atoms with Crippen LogP contribution in [0.1, 0.15) is 48.9 Å². The number of carbonyl (C=O) groups excluding carboxylic acids is 3. The largest absolute Gasteiger partial charge is 0.465 e. The van der Waals surface area contributed by atoms with E-state index >= 15 is 0 Å². The minimum Gasteiger partial charge on any atom is -0.465 e. The lowest BCUT2D eigenvalue weighted by molar-refractivity contribution is 0.0593. The molecule has 8 nitrogen and oxygen atoms in total. The molecule has 9 heteroatoms. The number of hydrogen-bond acceptors (Lipinski definition) is 7. The number of rotatable bonds is 10. The number of imide groups is 1. The van der Waals surface area contributed by atoms with Gasteiger partial charge in [-0.15, -0.1) is 16.8 Å². The second-order valence-corrected chi connectivity index (χ2v) is 9.77. The number of aromatic nitrogens is 3. The number of methoxy groups -OCH3 is 1. The number of ether oxygens (including phenoxy) is 1. The first-order chi connectivity index (χ1) is 18.5. The standard InChI is InChI=1S/C29H26N4O4S/c1-3-4-16-32-24(30-31-29(32)38-18-19-11-13-21(14-12-19)28(36)37-2)15-17-33-26(34)22-9-5-7-20-8-6-10-23(25(20)22)27(33)35/h3,5-14H,1,4,15-18H2,2H3. The van der Waals surface area contributed by atoms with E-state index in [0.717, 1.165) is 22.5 Å². The number of allylic oxidation sites excluding steroid dienone is 1. The molecule has 0 radical (unpaired) electrons. The van der Waals surface area contributed by atoms with E-state index in [4.69, 9.17) is 4.74 Å². The normalized spacial score (nSPS) is 12.7. The molecule has 0 spiro atoms. The van der Waals surface area contributed by atoms with Crippen LogP contribution < -0.4 is 0 Å². The topological polar surface area (TPSA) is 94.4 Å². The highest BCUT2D eigenvalue weighted by Crippen LogP contribution is 2.30. The van der Waals surface area contributed by atoms with E-state index in [1.807, 2.05) is 47.0 Å². The average Bonchev–Trinajstić information content (AvgIpc) is 3.34. The number of esters is 1. The molecule has 0 bridgehead atoms. The first-order valence-corrected chi connectivity index (χ1v) is 13.2. The smallest absolute Gasteiger partial charge is 0.337 e. The molecule has 0 unspecified atom stereocenters. The fourth-order valence-electron chi connectivity index (χ4n) is 4.55. The summed E-state index contributed by atoms with van der Waals surface area (Å²) in [6.07, 6.45) is 2.94. The maximum absolute atomic E-state index is 13.3. The van der Waals surface area contributed by atoms with Gasteiger partial charge in [0, 0.05) is 41.8 Å². The van der Waals surface area contributed by atoms with Crippen molar-refractivity contribution in [3.8, 4) is 0 Å². The van der Waals surface area contributed by atoms with Gasteiger partial charge < -0.3 is 9.30 Å². The summed E-state index contributed by atoms with van der Waals surface area (Å²) in [5.41, 5.74) is 2.61. The van der Waals surface area contributed by atoms with Crippen molar-refractivity contribution >= 4 is 40.3 Å². The molecular weight excluding hydrogens is 500 g/mol. The molecule has 1 aliphatic rings. The Morgan fingerprint density at radius 1 is 0.974 bits per heavy atom. The molecule has 0 aliphatic carbocycles. The van der Waals surface area contributed by atoms with Crippen molar-refractivity contribution in [3.05, 3.63) is 101 Å². The first-order valence-electron chi connectivity index (χ1n) is 12.2. The summed E-state index contributed by atoms with van der Waals surface area (Å²) in [4.78, 5) is 39.5. The Hall–Kier alpha value is -4.24. The Morgan fingerprint density at radius 3 is 2.29 bits per heavy atom. The summed E-state index contributed by atoms with van der Waals surface area (Å²) in [6, 6.07) is 18.3. The van der Waals surface area contributed by atoms with Crippen molar-refractivity contribution < 1.29 is 19.1 Å². The number of carbonyl (C=O) groups is 3. The van der Waals surface area contributed by atoms with E-state index in [2.05, 4.69) is 16.8 Å². The van der Waals surface area contributed by atoms with E-state index in [1.165, 1.54) is 23.8 Å². The monoisotopic (exact) mass is 526 g/mol. The van der Waals surface area contributed by atoms with E-state index in [-0.39, 0.29) is 24.3 Å². The Balaban J connectivity index is 1.32. The summed E-state index contributed by atoms with van der Waals surface area (Å²) < 4.78 is 6.77. The Bertz CT molecular complexity index is 1490. The third-order valence-electron chi connectivity index (χ3n) is 6.51. The van der Waals surface area contributed by atoms with Crippen LogP contribution in [-0.2, 0) is 23.5 Å². The molecule has 0 saturated heterocycles. The van der Waals surface area contributed by atoms with Crippen LogP contribution in [0.2, 0.25) is 0 Å². The highest BCUT2D eigenvalue weighted by Gasteiger charge is 2.32. The summed E-state index contributed by atoms with van der Waals surface area (Å²) in [6.45, 7) is 4.67. The van der Waals surface area contributed by atoms with Gasteiger partial charge in [0.2, 0.25) is 0 Å². The second kappa shape index (κ2) is 11.0. The third-order valence-corrected chi connectivity index (χ3v) is 7.55.